The summed E-state index contributed by atoms with van der Waals surface area (Å²) in [6.07, 6.45) is -1.85. The van der Waals surface area contributed by atoms with Gasteiger partial charge in [0.15, 0.2) is 6.61 Å². The maximum atomic E-state index is 13.5. The van der Waals surface area contributed by atoms with Gasteiger partial charge >= 0.3 is 12.1 Å². The average Bonchev–Trinajstić information content (AvgIpc) is 3.02. The van der Waals surface area contributed by atoms with Gasteiger partial charge < -0.3 is 9.47 Å². The number of halogens is 3. The number of alkyl halides is 3. The number of esters is 1. The quantitative estimate of drug-likeness (QED) is 0.552. The molecule has 1 aromatic carbocycles. The molecule has 0 radical (unpaired) electrons. The molecule has 0 saturated heterocycles. The normalized spacial score (nSPS) is 14.2. The molecule has 0 aliphatic carbocycles. The minimum atomic E-state index is -4.45. The first-order valence-corrected chi connectivity index (χ1v) is 11.3. The summed E-state index contributed by atoms with van der Waals surface area (Å²) < 4.78 is 52.2. The van der Waals surface area contributed by atoms with Crippen molar-refractivity contribution in [2.45, 2.75) is 79.6 Å². The zero-order valence-corrected chi connectivity index (χ0v) is 19.8. The van der Waals surface area contributed by atoms with Crippen molar-refractivity contribution in [2.24, 2.45) is 5.41 Å². The number of carbonyl (C=O) groups excluding carboxylic acids is 1. The Kier molecular flexibility index (Phi) is 7.00. The summed E-state index contributed by atoms with van der Waals surface area (Å²) in [6.45, 7) is 8.59. The van der Waals surface area contributed by atoms with E-state index in [2.05, 4.69) is 0 Å². The molecule has 1 aliphatic heterocycles. The molecule has 3 rings (SSSR count). The van der Waals surface area contributed by atoms with Crippen molar-refractivity contribution in [1.82, 2.24) is 9.36 Å². The van der Waals surface area contributed by atoms with Crippen LogP contribution in [0.25, 0.3) is 11.1 Å². The maximum absolute atomic E-state index is 13.5. The van der Waals surface area contributed by atoms with Gasteiger partial charge in [-0.2, -0.15) is 13.2 Å². The molecule has 1 aromatic heterocycles. The number of aromatic nitrogens is 2. The van der Waals surface area contributed by atoms with Gasteiger partial charge in [0.2, 0.25) is 5.88 Å². The number of carbonyl (C=O) groups is 1. The number of hydrogen-bond donors (Lipinski definition) is 0. The number of nitrogens with zero attached hydrogens (tertiary/aromatic N) is 2. The van der Waals surface area contributed by atoms with Gasteiger partial charge in [-0.25, -0.2) is 4.68 Å². The van der Waals surface area contributed by atoms with Crippen molar-refractivity contribution in [2.75, 3.05) is 6.61 Å². The van der Waals surface area contributed by atoms with E-state index < -0.39 is 24.2 Å². The summed E-state index contributed by atoms with van der Waals surface area (Å²) >= 11 is 0. The second-order valence-corrected chi connectivity index (χ2v) is 9.31. The van der Waals surface area contributed by atoms with Gasteiger partial charge in [0.1, 0.15) is 11.3 Å². The van der Waals surface area contributed by atoms with Gasteiger partial charge in [-0.05, 0) is 75.3 Å². The standard InChI is InChI=1S/C24H31F3N2O4/c1-6-15-12-17(32-14-24(25,26)27)13-16(7-2)18(15)19-20(30)28-10-8-9-11-29(28)21(19)33-22(31)23(3,4)5/h12-13H,6-11,14H2,1-5H3. The molecule has 2 heterocycles. The first kappa shape index (κ1) is 24.9. The third-order valence-electron chi connectivity index (χ3n) is 5.67. The van der Waals surface area contributed by atoms with Crippen LogP contribution in [0, 0.1) is 5.41 Å². The maximum Gasteiger partial charge on any atom is 0.422 e. The van der Waals surface area contributed by atoms with Crippen LogP contribution in [-0.2, 0) is 30.7 Å². The van der Waals surface area contributed by atoms with E-state index in [0.717, 1.165) is 12.8 Å². The van der Waals surface area contributed by atoms with Crippen LogP contribution in [0.5, 0.6) is 11.6 Å². The zero-order valence-electron chi connectivity index (χ0n) is 19.8. The van der Waals surface area contributed by atoms with Gasteiger partial charge in [-0.1, -0.05) is 13.8 Å². The third-order valence-corrected chi connectivity index (χ3v) is 5.67. The highest BCUT2D eigenvalue weighted by Gasteiger charge is 2.33. The first-order chi connectivity index (χ1) is 15.4. The second kappa shape index (κ2) is 9.27. The fourth-order valence-electron chi connectivity index (χ4n) is 3.96. The largest absolute Gasteiger partial charge is 0.484 e. The average molecular weight is 469 g/mol. The summed E-state index contributed by atoms with van der Waals surface area (Å²) in [6, 6.07) is 3.08. The number of ether oxygens (including phenoxy) is 2. The van der Waals surface area contributed by atoms with E-state index in [9.17, 15) is 22.8 Å². The molecule has 0 unspecified atom stereocenters. The molecule has 0 atom stereocenters. The topological polar surface area (TPSA) is 62.5 Å². The second-order valence-electron chi connectivity index (χ2n) is 9.31. The van der Waals surface area contributed by atoms with E-state index in [4.69, 9.17) is 9.47 Å². The molecule has 0 saturated carbocycles. The molecule has 0 amide bonds. The Bertz CT molecular complexity index is 1070. The van der Waals surface area contributed by atoms with Crippen molar-refractivity contribution in [1.29, 1.82) is 0 Å². The van der Waals surface area contributed by atoms with E-state index in [1.165, 1.54) is 12.1 Å². The van der Waals surface area contributed by atoms with Crippen molar-refractivity contribution in [3.05, 3.63) is 33.6 Å². The molecule has 33 heavy (non-hydrogen) atoms. The Morgan fingerprint density at radius 3 is 2.00 bits per heavy atom. The molecule has 0 bridgehead atoms. The number of aryl methyl sites for hydroxylation is 2. The van der Waals surface area contributed by atoms with Crippen LogP contribution in [-0.4, -0.2) is 28.1 Å². The Morgan fingerprint density at radius 2 is 1.52 bits per heavy atom. The molecule has 0 N–H and O–H groups in total. The fourth-order valence-corrected chi connectivity index (χ4v) is 3.96. The summed E-state index contributed by atoms with van der Waals surface area (Å²) in [5.74, 6) is -0.161. The lowest BCUT2D eigenvalue weighted by Gasteiger charge is -2.22. The van der Waals surface area contributed by atoms with Gasteiger partial charge in [-0.3, -0.25) is 14.3 Å². The molecule has 1 aliphatic rings. The highest BCUT2D eigenvalue weighted by Crippen LogP contribution is 2.38. The molecule has 182 valence electrons. The summed E-state index contributed by atoms with van der Waals surface area (Å²) in [4.78, 5) is 26.3. The van der Waals surface area contributed by atoms with Gasteiger partial charge in [0.25, 0.3) is 5.56 Å². The molecular formula is C24H31F3N2O4. The predicted octanol–water partition coefficient (Wildman–Crippen LogP) is 5.13. The molecule has 9 heteroatoms. The van der Waals surface area contributed by atoms with Gasteiger partial charge in [0.05, 0.1) is 5.41 Å². The van der Waals surface area contributed by atoms with E-state index >= 15 is 0 Å². The Morgan fingerprint density at radius 1 is 0.970 bits per heavy atom. The van der Waals surface area contributed by atoms with Crippen LogP contribution < -0.4 is 15.0 Å². The molecule has 0 fully saturated rings. The van der Waals surface area contributed by atoms with Crippen LogP contribution in [0.2, 0.25) is 0 Å². The molecule has 2 aromatic rings. The number of hydrogen-bond acceptors (Lipinski definition) is 4. The number of benzene rings is 1. The Labute approximate surface area is 191 Å². The van der Waals surface area contributed by atoms with Crippen molar-refractivity contribution in [3.8, 4) is 22.8 Å². The van der Waals surface area contributed by atoms with Crippen LogP contribution in [0.4, 0.5) is 13.2 Å². The SMILES string of the molecule is CCc1cc(OCC(F)(F)F)cc(CC)c1-c1c(OC(=O)C(C)(C)C)n2n(c1=O)CCCC2. The monoisotopic (exact) mass is 468 g/mol. The first-order valence-electron chi connectivity index (χ1n) is 11.3. The Balaban J connectivity index is 2.22. The van der Waals surface area contributed by atoms with E-state index in [1.54, 1.807) is 30.1 Å². The fraction of sp³-hybridized carbons (Fsp3) is 0.583. The third kappa shape index (κ3) is 5.28. The van der Waals surface area contributed by atoms with E-state index in [0.29, 0.717) is 42.6 Å². The number of fused-ring (bicyclic) bond motifs is 1. The summed E-state index contributed by atoms with van der Waals surface area (Å²) in [7, 11) is 0. The minimum absolute atomic E-state index is 0.0992. The van der Waals surface area contributed by atoms with Crippen LogP contribution >= 0.6 is 0 Å². The van der Waals surface area contributed by atoms with Crippen molar-refractivity contribution >= 4 is 5.97 Å². The highest BCUT2D eigenvalue weighted by molar-refractivity contribution is 5.82. The lowest BCUT2D eigenvalue weighted by molar-refractivity contribution is -0.153. The van der Waals surface area contributed by atoms with Gasteiger partial charge in [-0.15, -0.1) is 0 Å². The molecular weight excluding hydrogens is 437 g/mol. The minimum Gasteiger partial charge on any atom is -0.484 e. The molecule has 0 spiro atoms. The van der Waals surface area contributed by atoms with Crippen molar-refractivity contribution < 1.29 is 27.4 Å². The lowest BCUT2D eigenvalue weighted by atomic mass is 9.92. The van der Waals surface area contributed by atoms with E-state index in [-0.39, 0.29) is 22.8 Å². The van der Waals surface area contributed by atoms with Crippen molar-refractivity contribution in [3.63, 3.8) is 0 Å². The highest BCUT2D eigenvalue weighted by atomic mass is 19.4. The lowest BCUT2D eigenvalue weighted by Crippen LogP contribution is -2.29. The summed E-state index contributed by atoms with van der Waals surface area (Å²) in [5.41, 5.74) is 1.18. The van der Waals surface area contributed by atoms with Gasteiger partial charge in [0, 0.05) is 13.1 Å². The van der Waals surface area contributed by atoms with E-state index in [1.807, 2.05) is 13.8 Å². The zero-order chi connectivity index (χ0) is 24.6. The predicted molar refractivity (Wildman–Crippen MR) is 119 cm³/mol. The number of rotatable bonds is 6. The Hall–Kier alpha value is -2.71. The van der Waals surface area contributed by atoms with Crippen LogP contribution in [0.1, 0.15) is 58.6 Å². The summed E-state index contributed by atoms with van der Waals surface area (Å²) in [5, 5.41) is 0. The smallest absolute Gasteiger partial charge is 0.422 e. The van der Waals surface area contributed by atoms with Crippen LogP contribution in [0.3, 0.4) is 0 Å². The van der Waals surface area contributed by atoms with Crippen LogP contribution in [0.15, 0.2) is 16.9 Å². The molecule has 6 nitrogen and oxygen atoms in total.